The standard InChI is InChI=1S/C21H23N5S/c1-13-8-9-18(23-12-13)26-14(2)11-16(15(26)3)20-19(24-21(27)25(20)4)17-7-5-6-10-22-17/h5-12,19-20H,1-4H3,(H,24,27)/t19-,20-/m0/s1. The molecule has 0 bridgehead atoms. The van der Waals surface area contributed by atoms with E-state index in [0.717, 1.165) is 27.9 Å². The van der Waals surface area contributed by atoms with Crippen molar-refractivity contribution >= 4 is 17.3 Å². The predicted molar refractivity (Wildman–Crippen MR) is 111 cm³/mol. The van der Waals surface area contributed by atoms with Crippen LogP contribution in [0, 0.1) is 20.8 Å². The van der Waals surface area contributed by atoms with E-state index < -0.39 is 0 Å². The van der Waals surface area contributed by atoms with Crippen molar-refractivity contribution in [1.29, 1.82) is 0 Å². The van der Waals surface area contributed by atoms with Crippen molar-refractivity contribution in [2.24, 2.45) is 0 Å². The van der Waals surface area contributed by atoms with Crippen LogP contribution in [0.15, 0.2) is 48.8 Å². The van der Waals surface area contributed by atoms with Gasteiger partial charge in [0.25, 0.3) is 0 Å². The minimum Gasteiger partial charge on any atom is -0.352 e. The Balaban J connectivity index is 1.81. The van der Waals surface area contributed by atoms with E-state index in [0.29, 0.717) is 0 Å². The van der Waals surface area contributed by atoms with Gasteiger partial charge >= 0.3 is 0 Å². The molecule has 138 valence electrons. The van der Waals surface area contributed by atoms with Crippen molar-refractivity contribution in [2.75, 3.05) is 7.05 Å². The number of rotatable bonds is 3. The fourth-order valence-corrected chi connectivity index (χ4v) is 4.12. The molecule has 4 heterocycles. The summed E-state index contributed by atoms with van der Waals surface area (Å²) in [6.45, 7) is 6.32. The van der Waals surface area contributed by atoms with Crippen LogP contribution in [-0.4, -0.2) is 31.6 Å². The first kappa shape index (κ1) is 17.7. The maximum Gasteiger partial charge on any atom is 0.169 e. The summed E-state index contributed by atoms with van der Waals surface area (Å²) in [6, 6.07) is 12.5. The molecule has 6 heteroatoms. The van der Waals surface area contributed by atoms with Crippen LogP contribution in [0.2, 0.25) is 0 Å². The third kappa shape index (κ3) is 3.00. The highest BCUT2D eigenvalue weighted by atomic mass is 32.1. The zero-order chi connectivity index (χ0) is 19.1. The van der Waals surface area contributed by atoms with E-state index in [4.69, 9.17) is 12.2 Å². The number of pyridine rings is 2. The third-order valence-corrected chi connectivity index (χ3v) is 5.66. The number of likely N-dealkylation sites (N-methyl/N-ethyl adjacent to an activating group) is 1. The van der Waals surface area contributed by atoms with Gasteiger partial charge in [-0.1, -0.05) is 12.1 Å². The molecule has 0 amide bonds. The number of hydrogen-bond acceptors (Lipinski definition) is 3. The molecule has 0 unspecified atom stereocenters. The van der Waals surface area contributed by atoms with Gasteiger partial charge in [-0.05, 0) is 68.4 Å². The Labute approximate surface area is 165 Å². The average molecular weight is 378 g/mol. The molecule has 4 rings (SSSR count). The normalized spacial score (nSPS) is 19.4. The van der Waals surface area contributed by atoms with Gasteiger partial charge in [0, 0.05) is 30.8 Å². The minimum absolute atomic E-state index is 0.0172. The molecule has 1 aliphatic heterocycles. The summed E-state index contributed by atoms with van der Waals surface area (Å²) in [5.74, 6) is 0.937. The smallest absolute Gasteiger partial charge is 0.169 e. The lowest BCUT2D eigenvalue weighted by Crippen LogP contribution is -2.25. The van der Waals surface area contributed by atoms with Crippen LogP contribution in [0.5, 0.6) is 0 Å². The van der Waals surface area contributed by atoms with Crippen LogP contribution in [0.4, 0.5) is 0 Å². The first-order valence-corrected chi connectivity index (χ1v) is 9.44. The Kier molecular flexibility index (Phi) is 4.44. The van der Waals surface area contributed by atoms with Crippen molar-refractivity contribution in [3.63, 3.8) is 0 Å². The van der Waals surface area contributed by atoms with E-state index in [-0.39, 0.29) is 12.1 Å². The molecule has 0 saturated carbocycles. The van der Waals surface area contributed by atoms with Gasteiger partial charge in [0.2, 0.25) is 0 Å². The Morgan fingerprint density at radius 3 is 2.56 bits per heavy atom. The van der Waals surface area contributed by atoms with Crippen LogP contribution < -0.4 is 5.32 Å². The Morgan fingerprint density at radius 1 is 1.07 bits per heavy atom. The predicted octanol–water partition coefficient (Wildman–Crippen LogP) is 3.79. The molecule has 0 aromatic carbocycles. The molecule has 3 aromatic heterocycles. The van der Waals surface area contributed by atoms with Crippen LogP contribution in [0.3, 0.4) is 0 Å². The number of hydrogen-bond donors (Lipinski definition) is 1. The van der Waals surface area contributed by atoms with Crippen LogP contribution in [0.25, 0.3) is 5.82 Å². The van der Waals surface area contributed by atoms with Crippen molar-refractivity contribution < 1.29 is 0 Å². The van der Waals surface area contributed by atoms with Gasteiger partial charge in [0.05, 0.1) is 17.8 Å². The number of nitrogens with zero attached hydrogens (tertiary/aromatic N) is 4. The summed E-state index contributed by atoms with van der Waals surface area (Å²) in [7, 11) is 2.04. The van der Waals surface area contributed by atoms with Gasteiger partial charge < -0.3 is 14.8 Å². The van der Waals surface area contributed by atoms with Gasteiger partial charge in [0.1, 0.15) is 5.82 Å². The zero-order valence-electron chi connectivity index (χ0n) is 16.0. The van der Waals surface area contributed by atoms with E-state index >= 15 is 0 Å². The fourth-order valence-electron chi connectivity index (χ4n) is 3.88. The van der Waals surface area contributed by atoms with E-state index in [9.17, 15) is 0 Å². The minimum atomic E-state index is 0.0172. The molecule has 0 radical (unpaired) electrons. The third-order valence-electron chi connectivity index (χ3n) is 5.25. The summed E-state index contributed by atoms with van der Waals surface area (Å²) < 4.78 is 2.21. The van der Waals surface area contributed by atoms with Gasteiger partial charge in [0.15, 0.2) is 5.11 Å². The Bertz CT molecular complexity index is 978. The summed E-state index contributed by atoms with van der Waals surface area (Å²) in [5, 5.41) is 4.19. The quantitative estimate of drug-likeness (QED) is 0.704. The summed E-state index contributed by atoms with van der Waals surface area (Å²) in [5.41, 5.74) is 5.72. The molecule has 3 aromatic rings. The number of thiocarbonyl (C=S) groups is 1. The maximum atomic E-state index is 5.55. The molecule has 1 saturated heterocycles. The molecule has 0 spiro atoms. The van der Waals surface area contributed by atoms with Crippen LogP contribution >= 0.6 is 12.2 Å². The van der Waals surface area contributed by atoms with E-state index in [1.54, 1.807) is 0 Å². The van der Waals surface area contributed by atoms with E-state index in [1.165, 1.54) is 11.3 Å². The van der Waals surface area contributed by atoms with Gasteiger partial charge in [-0.2, -0.15) is 0 Å². The lowest BCUT2D eigenvalue weighted by Gasteiger charge is -2.24. The molecule has 0 aliphatic carbocycles. The number of aromatic nitrogens is 3. The molecular formula is C21H23N5S. The highest BCUT2D eigenvalue weighted by Crippen LogP contribution is 2.40. The maximum absolute atomic E-state index is 5.55. The van der Waals surface area contributed by atoms with Crippen LogP contribution in [-0.2, 0) is 0 Å². The number of aryl methyl sites for hydroxylation is 2. The molecular weight excluding hydrogens is 354 g/mol. The Hall–Kier alpha value is -2.73. The first-order valence-electron chi connectivity index (χ1n) is 9.03. The van der Waals surface area contributed by atoms with E-state index in [1.807, 2.05) is 37.6 Å². The first-order chi connectivity index (χ1) is 13.0. The van der Waals surface area contributed by atoms with Crippen molar-refractivity contribution in [2.45, 2.75) is 32.9 Å². The second-order valence-corrected chi connectivity index (χ2v) is 7.48. The highest BCUT2D eigenvalue weighted by Gasteiger charge is 2.39. The molecule has 1 N–H and O–H groups in total. The lowest BCUT2D eigenvalue weighted by molar-refractivity contribution is 0.367. The summed E-state index contributed by atoms with van der Waals surface area (Å²) in [6.07, 6.45) is 3.73. The molecule has 5 nitrogen and oxygen atoms in total. The SMILES string of the molecule is Cc1ccc(-n2c(C)cc([C@H]3[C@H](c4ccccn4)NC(=S)N3C)c2C)nc1. The van der Waals surface area contributed by atoms with Crippen molar-refractivity contribution in [3.8, 4) is 5.82 Å². The highest BCUT2D eigenvalue weighted by molar-refractivity contribution is 7.80. The average Bonchev–Trinajstić information content (AvgIpc) is 3.12. The largest absolute Gasteiger partial charge is 0.352 e. The summed E-state index contributed by atoms with van der Waals surface area (Å²) in [4.78, 5) is 11.3. The van der Waals surface area contributed by atoms with Gasteiger partial charge in [-0.15, -0.1) is 0 Å². The molecule has 1 aliphatic rings. The van der Waals surface area contributed by atoms with Gasteiger partial charge in [-0.3, -0.25) is 4.98 Å². The van der Waals surface area contributed by atoms with Crippen LogP contribution in [0.1, 0.15) is 40.3 Å². The molecule has 27 heavy (non-hydrogen) atoms. The number of nitrogens with one attached hydrogen (secondary N) is 1. The molecule has 2 atom stereocenters. The van der Waals surface area contributed by atoms with Crippen molar-refractivity contribution in [3.05, 3.63) is 77.0 Å². The second-order valence-electron chi connectivity index (χ2n) is 7.09. The van der Waals surface area contributed by atoms with E-state index in [2.05, 4.69) is 63.7 Å². The topological polar surface area (TPSA) is 46.0 Å². The van der Waals surface area contributed by atoms with Crippen molar-refractivity contribution in [1.82, 2.24) is 24.8 Å². The fraction of sp³-hybridized carbons (Fsp3) is 0.286. The zero-order valence-corrected chi connectivity index (χ0v) is 16.8. The lowest BCUT2D eigenvalue weighted by atomic mass is 9.97. The summed E-state index contributed by atoms with van der Waals surface area (Å²) >= 11 is 5.55. The molecule has 1 fully saturated rings. The Morgan fingerprint density at radius 2 is 1.89 bits per heavy atom. The van der Waals surface area contributed by atoms with Gasteiger partial charge in [-0.25, -0.2) is 4.98 Å². The monoisotopic (exact) mass is 377 g/mol. The second kappa shape index (κ2) is 6.78.